The van der Waals surface area contributed by atoms with E-state index >= 15 is 0 Å². The Morgan fingerprint density at radius 2 is 1.53 bits per heavy atom. The fourth-order valence-electron chi connectivity index (χ4n) is 3.72. The zero-order valence-electron chi connectivity index (χ0n) is 17.8. The van der Waals surface area contributed by atoms with E-state index in [4.69, 9.17) is 23.2 Å². The second kappa shape index (κ2) is 10.2. The van der Waals surface area contributed by atoms with Crippen molar-refractivity contribution in [3.63, 3.8) is 0 Å². The van der Waals surface area contributed by atoms with Crippen molar-refractivity contribution in [1.82, 2.24) is 9.62 Å². The molecule has 172 valence electrons. The summed E-state index contributed by atoms with van der Waals surface area (Å²) in [6.07, 6.45) is 0.678. The first kappa shape index (κ1) is 24.5. The fourth-order valence-corrected chi connectivity index (χ4v) is 6.28. The Kier molecular flexibility index (Phi) is 7.82. The summed E-state index contributed by atoms with van der Waals surface area (Å²) in [6, 6.07) is 10.2. The number of hydrogen-bond donors (Lipinski definition) is 2. The largest absolute Gasteiger partial charge is 0.347 e. The molecule has 0 unspecified atom stereocenters. The smallest absolute Gasteiger partial charge is 0.246 e. The Labute approximate surface area is 198 Å². The lowest BCUT2D eigenvalue weighted by Crippen LogP contribution is -2.44. The van der Waals surface area contributed by atoms with Gasteiger partial charge in [-0.15, -0.1) is 0 Å². The molecule has 2 aromatic carbocycles. The minimum Gasteiger partial charge on any atom is -0.347 e. The van der Waals surface area contributed by atoms with Crippen LogP contribution in [0.15, 0.2) is 41.3 Å². The van der Waals surface area contributed by atoms with Gasteiger partial charge in [-0.05, 0) is 49.9 Å². The highest BCUT2D eigenvalue weighted by Gasteiger charge is 2.34. The lowest BCUT2D eigenvalue weighted by molar-refractivity contribution is -0.128. The molecule has 0 aromatic heterocycles. The molecule has 1 fully saturated rings. The number of nitrogens with one attached hydrogen (secondary N) is 2. The molecule has 0 aliphatic carbocycles. The van der Waals surface area contributed by atoms with Crippen LogP contribution < -0.4 is 10.6 Å². The predicted octanol–water partition coefficient (Wildman–Crippen LogP) is 3.77. The van der Waals surface area contributed by atoms with Gasteiger partial charge in [0.05, 0.1) is 16.6 Å². The van der Waals surface area contributed by atoms with Gasteiger partial charge in [-0.1, -0.05) is 47.5 Å². The van der Waals surface area contributed by atoms with Gasteiger partial charge in [-0.25, -0.2) is 8.42 Å². The van der Waals surface area contributed by atoms with Crippen molar-refractivity contribution in [2.45, 2.75) is 31.6 Å². The van der Waals surface area contributed by atoms with E-state index in [1.807, 2.05) is 32.0 Å². The number of rotatable bonds is 6. The second-order valence-corrected chi connectivity index (χ2v) is 10.5. The van der Waals surface area contributed by atoms with E-state index in [0.717, 1.165) is 16.8 Å². The molecule has 2 aromatic rings. The number of nitrogens with zero attached hydrogens (tertiary/aromatic N) is 1. The number of carbonyl (C=O) groups excluding carboxylic acids is 2. The van der Waals surface area contributed by atoms with Gasteiger partial charge in [-0.3, -0.25) is 9.59 Å². The summed E-state index contributed by atoms with van der Waals surface area (Å²) >= 11 is 12.1. The maximum Gasteiger partial charge on any atom is 0.246 e. The van der Waals surface area contributed by atoms with Crippen LogP contribution >= 0.6 is 23.2 Å². The minimum absolute atomic E-state index is 0.0623. The first-order chi connectivity index (χ1) is 15.1. The Morgan fingerprint density at radius 3 is 2.09 bits per heavy atom. The molecule has 2 amide bonds. The van der Waals surface area contributed by atoms with Crippen molar-refractivity contribution in [3.8, 4) is 0 Å². The van der Waals surface area contributed by atoms with Crippen LogP contribution in [-0.2, 0) is 19.6 Å². The summed E-state index contributed by atoms with van der Waals surface area (Å²) in [5, 5.41) is 5.60. The lowest BCUT2D eigenvalue weighted by Gasteiger charge is -2.31. The summed E-state index contributed by atoms with van der Waals surface area (Å²) in [6.45, 7) is 3.98. The van der Waals surface area contributed by atoms with Gasteiger partial charge in [0.15, 0.2) is 0 Å². The van der Waals surface area contributed by atoms with E-state index in [1.165, 1.54) is 16.4 Å². The van der Waals surface area contributed by atoms with Crippen molar-refractivity contribution >= 4 is 50.7 Å². The second-order valence-electron chi connectivity index (χ2n) is 7.76. The first-order valence-corrected chi connectivity index (χ1v) is 12.4. The molecule has 1 aliphatic heterocycles. The van der Waals surface area contributed by atoms with Gasteiger partial charge in [0.25, 0.3) is 0 Å². The van der Waals surface area contributed by atoms with Crippen molar-refractivity contribution in [2.75, 3.05) is 25.0 Å². The maximum atomic E-state index is 13.0. The van der Waals surface area contributed by atoms with Crippen LogP contribution in [0, 0.1) is 19.8 Å². The molecule has 0 radical (unpaired) electrons. The highest BCUT2D eigenvalue weighted by Crippen LogP contribution is 2.33. The monoisotopic (exact) mass is 497 g/mol. The topological polar surface area (TPSA) is 95.6 Å². The molecule has 0 saturated carbocycles. The van der Waals surface area contributed by atoms with Gasteiger partial charge in [0.1, 0.15) is 4.90 Å². The summed E-state index contributed by atoms with van der Waals surface area (Å²) in [4.78, 5) is 24.7. The van der Waals surface area contributed by atoms with E-state index in [1.54, 1.807) is 6.07 Å². The summed E-state index contributed by atoms with van der Waals surface area (Å²) in [5.74, 6) is -0.963. The normalized spacial score (nSPS) is 15.4. The number of halogens is 2. The summed E-state index contributed by atoms with van der Waals surface area (Å²) in [7, 11) is -3.87. The Balaban J connectivity index is 1.54. The number of amides is 2. The fraction of sp³-hybridized carbons (Fsp3) is 0.364. The van der Waals surface area contributed by atoms with E-state index in [-0.39, 0.29) is 52.3 Å². The van der Waals surface area contributed by atoms with E-state index in [9.17, 15) is 18.0 Å². The number of para-hydroxylation sites is 1. The van der Waals surface area contributed by atoms with E-state index in [2.05, 4.69) is 10.6 Å². The van der Waals surface area contributed by atoms with Gasteiger partial charge >= 0.3 is 0 Å². The van der Waals surface area contributed by atoms with Gasteiger partial charge in [0, 0.05) is 24.7 Å². The van der Waals surface area contributed by atoms with Crippen LogP contribution in [0.3, 0.4) is 0 Å². The van der Waals surface area contributed by atoms with Gasteiger partial charge in [-0.2, -0.15) is 4.31 Å². The molecule has 10 heteroatoms. The number of sulfonamides is 1. The lowest BCUT2D eigenvalue weighted by atomic mass is 9.97. The minimum atomic E-state index is -3.87. The molecular weight excluding hydrogens is 473 g/mol. The van der Waals surface area contributed by atoms with Crippen LogP contribution in [0.25, 0.3) is 0 Å². The Bertz CT molecular complexity index is 1090. The third-order valence-corrected chi connectivity index (χ3v) is 8.37. The number of anilines is 1. The highest BCUT2D eigenvalue weighted by atomic mass is 35.5. The quantitative estimate of drug-likeness (QED) is 0.634. The highest BCUT2D eigenvalue weighted by molar-refractivity contribution is 7.89. The van der Waals surface area contributed by atoms with Gasteiger partial charge in [0.2, 0.25) is 21.8 Å². The SMILES string of the molecule is Cc1cccc(C)c1NC(=O)CNC(=O)C1CCN(S(=O)(=O)c2c(Cl)cccc2Cl)CC1. The number of aryl methyl sites for hydroxylation is 2. The molecule has 2 N–H and O–H groups in total. The summed E-state index contributed by atoms with van der Waals surface area (Å²) in [5.41, 5.74) is 2.62. The number of carbonyl (C=O) groups is 2. The molecule has 0 bridgehead atoms. The molecule has 0 atom stereocenters. The van der Waals surface area contributed by atoms with Crippen LogP contribution in [0.4, 0.5) is 5.69 Å². The number of hydrogen-bond acceptors (Lipinski definition) is 4. The van der Waals surface area contributed by atoms with E-state index in [0.29, 0.717) is 12.8 Å². The Hall–Kier alpha value is -2.13. The summed E-state index contributed by atoms with van der Waals surface area (Å²) < 4.78 is 27.2. The Morgan fingerprint density at radius 1 is 1.00 bits per heavy atom. The molecule has 7 nitrogen and oxygen atoms in total. The molecule has 1 heterocycles. The third-order valence-electron chi connectivity index (χ3n) is 5.51. The van der Waals surface area contributed by atoms with Crippen molar-refractivity contribution in [2.24, 2.45) is 5.92 Å². The molecule has 1 aliphatic rings. The predicted molar refractivity (Wildman–Crippen MR) is 126 cm³/mol. The zero-order valence-corrected chi connectivity index (χ0v) is 20.1. The molecule has 3 rings (SSSR count). The van der Waals surface area contributed by atoms with Crippen molar-refractivity contribution in [3.05, 3.63) is 57.6 Å². The molecular formula is C22H25Cl2N3O4S. The number of piperidine rings is 1. The molecule has 0 spiro atoms. The zero-order chi connectivity index (χ0) is 23.5. The van der Waals surface area contributed by atoms with E-state index < -0.39 is 10.0 Å². The van der Waals surface area contributed by atoms with Crippen LogP contribution in [-0.4, -0.2) is 44.2 Å². The van der Waals surface area contributed by atoms with Crippen LogP contribution in [0.2, 0.25) is 10.0 Å². The molecule has 1 saturated heterocycles. The van der Waals surface area contributed by atoms with Crippen LogP contribution in [0.5, 0.6) is 0 Å². The third kappa shape index (κ3) is 5.43. The van der Waals surface area contributed by atoms with Crippen LogP contribution in [0.1, 0.15) is 24.0 Å². The molecule has 32 heavy (non-hydrogen) atoms. The average Bonchev–Trinajstić information content (AvgIpc) is 2.74. The number of benzene rings is 2. The first-order valence-electron chi connectivity index (χ1n) is 10.2. The van der Waals surface area contributed by atoms with Gasteiger partial charge < -0.3 is 10.6 Å². The standard InChI is InChI=1S/C22H25Cl2N3O4S/c1-14-5-3-6-15(2)20(14)26-19(28)13-25-22(29)16-9-11-27(12-10-16)32(30,31)21-17(23)7-4-8-18(21)24/h3-8,16H,9-13H2,1-2H3,(H,25,29)(H,26,28). The van der Waals surface area contributed by atoms with Crippen molar-refractivity contribution in [1.29, 1.82) is 0 Å². The van der Waals surface area contributed by atoms with Crippen molar-refractivity contribution < 1.29 is 18.0 Å². The maximum absolute atomic E-state index is 13.0. The average molecular weight is 498 g/mol.